The van der Waals surface area contributed by atoms with E-state index in [0.29, 0.717) is 48.2 Å². The number of fused-ring (bicyclic) bond motifs is 1. The molecular weight excluding hydrogens is 483 g/mol. The number of nitrogens with one attached hydrogen (secondary N) is 2. The van der Waals surface area contributed by atoms with Crippen LogP contribution >= 0.6 is 0 Å². The van der Waals surface area contributed by atoms with Crippen LogP contribution < -0.4 is 5.32 Å². The molecule has 1 aliphatic heterocycles. The van der Waals surface area contributed by atoms with Gasteiger partial charge in [-0.1, -0.05) is 0 Å². The molecule has 2 fully saturated rings. The number of rotatable bonds is 6. The first-order valence-electron chi connectivity index (χ1n) is 11.5. The molecule has 3 aromatic heterocycles. The van der Waals surface area contributed by atoms with Gasteiger partial charge in [-0.05, 0) is 43.7 Å². The molecule has 12 heteroatoms. The molecule has 2 aliphatic rings. The maximum Gasteiger partial charge on any atom is 0.248 e. The Morgan fingerprint density at radius 1 is 1.14 bits per heavy atom. The monoisotopic (exact) mass is 507 g/mol. The topological polar surface area (TPSA) is 118 Å². The average molecular weight is 508 g/mol. The van der Waals surface area contributed by atoms with Crippen LogP contribution in [0.25, 0.3) is 11.0 Å². The zero-order chi connectivity index (χ0) is 24.8. The van der Waals surface area contributed by atoms with Gasteiger partial charge in [-0.25, -0.2) is 32.2 Å². The molecule has 1 saturated heterocycles. The molecular formula is C23H24F3N5O3S. The van der Waals surface area contributed by atoms with Crippen LogP contribution in [0.2, 0.25) is 0 Å². The van der Waals surface area contributed by atoms with E-state index in [1.54, 1.807) is 6.07 Å². The quantitative estimate of drug-likeness (QED) is 0.386. The Morgan fingerprint density at radius 2 is 1.91 bits per heavy atom. The fourth-order valence-electron chi connectivity index (χ4n) is 4.85. The molecule has 1 saturated carbocycles. The molecule has 0 bridgehead atoms. The standard InChI is InChI=1S/C23H24F3N5O3S/c24-20-16(2-1-14(30-20)9-13-3-6-23(25,26)7-4-13)19(32)17-10-27-21-18(17)22(29-12-28-21)31-15-5-8-35(33,34)11-15/h1-2,10,12-13,15H,3-9,11H2,(H2,27,28,29,31). The van der Waals surface area contributed by atoms with Crippen molar-refractivity contribution in [1.29, 1.82) is 0 Å². The number of H-pyrrole nitrogens is 1. The Balaban J connectivity index is 1.37. The zero-order valence-electron chi connectivity index (χ0n) is 18.7. The molecule has 35 heavy (non-hydrogen) atoms. The van der Waals surface area contributed by atoms with Crippen molar-refractivity contribution in [3.8, 4) is 0 Å². The van der Waals surface area contributed by atoms with Crippen molar-refractivity contribution in [1.82, 2.24) is 19.9 Å². The van der Waals surface area contributed by atoms with Crippen LogP contribution in [0.1, 0.15) is 53.7 Å². The molecule has 1 atom stereocenters. The van der Waals surface area contributed by atoms with Gasteiger partial charge in [0.1, 0.15) is 17.8 Å². The minimum atomic E-state index is -3.13. The first kappa shape index (κ1) is 23.7. The zero-order valence-corrected chi connectivity index (χ0v) is 19.5. The number of carbonyl (C=O) groups is 1. The van der Waals surface area contributed by atoms with E-state index in [2.05, 4.69) is 25.3 Å². The smallest absolute Gasteiger partial charge is 0.248 e. The lowest BCUT2D eigenvalue weighted by Crippen LogP contribution is -2.25. The van der Waals surface area contributed by atoms with Gasteiger partial charge in [0.15, 0.2) is 15.6 Å². The highest BCUT2D eigenvalue weighted by Crippen LogP contribution is 2.37. The largest absolute Gasteiger partial charge is 0.366 e. The van der Waals surface area contributed by atoms with E-state index in [-0.39, 0.29) is 47.4 Å². The number of aromatic amines is 1. The van der Waals surface area contributed by atoms with Gasteiger partial charge >= 0.3 is 0 Å². The normalized spacial score (nSPS) is 21.9. The van der Waals surface area contributed by atoms with Gasteiger partial charge in [0.05, 0.1) is 28.0 Å². The third kappa shape index (κ3) is 5.02. The predicted molar refractivity (Wildman–Crippen MR) is 123 cm³/mol. The van der Waals surface area contributed by atoms with Gasteiger partial charge < -0.3 is 10.3 Å². The lowest BCUT2D eigenvalue weighted by Gasteiger charge is -2.28. The minimum Gasteiger partial charge on any atom is -0.366 e. The van der Waals surface area contributed by atoms with Gasteiger partial charge in [0.25, 0.3) is 0 Å². The van der Waals surface area contributed by atoms with Crippen molar-refractivity contribution in [2.24, 2.45) is 5.92 Å². The number of carbonyl (C=O) groups excluding carboxylic acids is 1. The lowest BCUT2D eigenvalue weighted by atomic mass is 9.84. The van der Waals surface area contributed by atoms with E-state index in [1.807, 2.05) is 0 Å². The Labute approximate surface area is 199 Å². The molecule has 186 valence electrons. The summed E-state index contributed by atoms with van der Waals surface area (Å²) >= 11 is 0. The van der Waals surface area contributed by atoms with Crippen molar-refractivity contribution in [2.75, 3.05) is 16.8 Å². The summed E-state index contributed by atoms with van der Waals surface area (Å²) in [6.45, 7) is 0. The second kappa shape index (κ2) is 8.89. The van der Waals surface area contributed by atoms with Gasteiger partial charge in [-0.2, -0.15) is 4.39 Å². The molecule has 1 aliphatic carbocycles. The first-order chi connectivity index (χ1) is 16.6. The summed E-state index contributed by atoms with van der Waals surface area (Å²) in [5.41, 5.74) is 0.669. The average Bonchev–Trinajstić information content (AvgIpc) is 3.38. The molecule has 0 amide bonds. The Morgan fingerprint density at radius 3 is 2.60 bits per heavy atom. The number of hydrogen-bond donors (Lipinski definition) is 2. The number of pyridine rings is 1. The molecule has 8 nitrogen and oxygen atoms in total. The third-order valence-electron chi connectivity index (χ3n) is 6.77. The molecule has 1 unspecified atom stereocenters. The van der Waals surface area contributed by atoms with Crippen LogP contribution in [0.5, 0.6) is 0 Å². The van der Waals surface area contributed by atoms with E-state index in [4.69, 9.17) is 0 Å². The number of nitrogens with zero attached hydrogens (tertiary/aromatic N) is 3. The lowest BCUT2D eigenvalue weighted by molar-refractivity contribution is -0.0457. The van der Waals surface area contributed by atoms with Gasteiger partial charge in [-0.3, -0.25) is 4.79 Å². The van der Waals surface area contributed by atoms with Crippen LogP contribution in [0, 0.1) is 11.9 Å². The van der Waals surface area contributed by atoms with Crippen molar-refractivity contribution >= 4 is 32.5 Å². The van der Waals surface area contributed by atoms with E-state index in [9.17, 15) is 26.4 Å². The number of ketones is 1. The predicted octanol–water partition coefficient (Wildman–Crippen LogP) is 3.69. The molecule has 3 aromatic rings. The molecule has 5 rings (SSSR count). The van der Waals surface area contributed by atoms with Gasteiger partial charge in [0.2, 0.25) is 11.9 Å². The summed E-state index contributed by atoms with van der Waals surface area (Å²) in [7, 11) is -3.13. The van der Waals surface area contributed by atoms with Crippen molar-refractivity contribution in [3.63, 3.8) is 0 Å². The summed E-state index contributed by atoms with van der Waals surface area (Å²) in [4.78, 5) is 28.4. The summed E-state index contributed by atoms with van der Waals surface area (Å²) in [6.07, 6.45) is 3.84. The van der Waals surface area contributed by atoms with Gasteiger partial charge in [-0.15, -0.1) is 0 Å². The van der Waals surface area contributed by atoms with E-state index in [0.717, 1.165) is 0 Å². The van der Waals surface area contributed by atoms with Crippen LogP contribution in [0.3, 0.4) is 0 Å². The second-order valence-electron chi connectivity index (χ2n) is 9.37. The number of alkyl halides is 2. The molecule has 0 radical (unpaired) electrons. The highest BCUT2D eigenvalue weighted by atomic mass is 32.2. The van der Waals surface area contributed by atoms with Crippen LogP contribution in [-0.4, -0.2) is 57.6 Å². The molecule has 2 N–H and O–H groups in total. The number of aromatic nitrogens is 4. The Hall–Kier alpha value is -3.02. The highest BCUT2D eigenvalue weighted by Gasteiger charge is 2.35. The number of hydrogen-bond acceptors (Lipinski definition) is 7. The highest BCUT2D eigenvalue weighted by molar-refractivity contribution is 7.91. The Bertz CT molecular complexity index is 1380. The fraction of sp³-hybridized carbons (Fsp3) is 0.478. The summed E-state index contributed by atoms with van der Waals surface area (Å²) < 4.78 is 65.3. The van der Waals surface area contributed by atoms with Crippen molar-refractivity contribution in [3.05, 3.63) is 47.4 Å². The maximum absolute atomic E-state index is 14.9. The summed E-state index contributed by atoms with van der Waals surface area (Å²) in [6, 6.07) is 2.56. The molecule has 0 aromatic carbocycles. The second-order valence-corrected chi connectivity index (χ2v) is 11.6. The van der Waals surface area contributed by atoms with Crippen molar-refractivity contribution < 1.29 is 26.4 Å². The van der Waals surface area contributed by atoms with E-state index >= 15 is 0 Å². The van der Waals surface area contributed by atoms with Crippen LogP contribution in [0.15, 0.2) is 24.7 Å². The van der Waals surface area contributed by atoms with Crippen LogP contribution in [-0.2, 0) is 16.3 Å². The van der Waals surface area contributed by atoms with Gasteiger partial charge in [0, 0.05) is 30.8 Å². The number of halogens is 3. The first-order valence-corrected chi connectivity index (χ1v) is 13.3. The van der Waals surface area contributed by atoms with E-state index in [1.165, 1.54) is 18.6 Å². The minimum absolute atomic E-state index is 0.00174. The summed E-state index contributed by atoms with van der Waals surface area (Å²) in [5.74, 6) is -3.86. The third-order valence-corrected chi connectivity index (χ3v) is 8.54. The van der Waals surface area contributed by atoms with Crippen LogP contribution in [0.4, 0.5) is 19.0 Å². The number of sulfone groups is 1. The molecule has 4 heterocycles. The Kier molecular flexibility index (Phi) is 6.02. The summed E-state index contributed by atoms with van der Waals surface area (Å²) in [5, 5.41) is 3.42. The molecule has 0 spiro atoms. The SMILES string of the molecule is O=C(c1ccc(CC2CCC(F)(F)CC2)nc1F)c1c[nH]c2ncnc(NC3CCS(=O)(=O)C3)c12. The fourth-order valence-corrected chi connectivity index (χ4v) is 6.53. The van der Waals surface area contributed by atoms with Crippen molar-refractivity contribution in [2.45, 2.75) is 50.5 Å². The number of anilines is 1. The maximum atomic E-state index is 14.9. The van der Waals surface area contributed by atoms with E-state index < -0.39 is 27.5 Å².